The number of nitrogens with one attached hydrogen (secondary N) is 2. The Bertz CT molecular complexity index is 1560. The molecule has 0 spiro atoms. The molecule has 0 saturated heterocycles. The van der Waals surface area contributed by atoms with Crippen LogP contribution in [0.2, 0.25) is 0 Å². The van der Waals surface area contributed by atoms with E-state index in [2.05, 4.69) is 15.3 Å². The van der Waals surface area contributed by atoms with E-state index in [0.29, 0.717) is 17.7 Å². The van der Waals surface area contributed by atoms with E-state index < -0.39 is 34.4 Å². The average Bonchev–Trinajstić information content (AvgIpc) is 3.42. The van der Waals surface area contributed by atoms with Gasteiger partial charge in [-0.3, -0.25) is 14.2 Å². The van der Waals surface area contributed by atoms with Gasteiger partial charge < -0.3 is 14.9 Å². The summed E-state index contributed by atoms with van der Waals surface area (Å²) in [5.41, 5.74) is -1.24. The lowest BCUT2D eigenvalue weighted by molar-refractivity contribution is -0.137. The monoisotopic (exact) mass is 539 g/mol. The molecule has 0 aliphatic carbocycles. The number of halogens is 3. The Balaban J connectivity index is 1.81. The number of nitriles is 1. The molecule has 0 bridgehead atoms. The maximum Gasteiger partial charge on any atom is 0.416 e. The van der Waals surface area contributed by atoms with Crippen molar-refractivity contribution in [3.63, 3.8) is 0 Å². The average molecular weight is 540 g/mol. The number of carbonyl (C=O) groups excluding carboxylic acids is 1. The SMILES string of the molecule is Cc1c([S+]([O-])c2ccc(C#N)cc2)cc(C(=O)NCCc2c[nH]cn2)c(=O)n1-c1cccc(C(F)(F)F)c1. The van der Waals surface area contributed by atoms with Crippen molar-refractivity contribution >= 4 is 17.1 Å². The fourth-order valence-corrected chi connectivity index (χ4v) is 4.99. The molecule has 0 fully saturated rings. The number of nitrogens with zero attached hydrogens (tertiary/aromatic N) is 3. The van der Waals surface area contributed by atoms with Crippen molar-refractivity contribution < 1.29 is 22.5 Å². The number of alkyl halides is 3. The van der Waals surface area contributed by atoms with Crippen LogP contribution >= 0.6 is 0 Å². The van der Waals surface area contributed by atoms with E-state index in [-0.39, 0.29) is 33.3 Å². The summed E-state index contributed by atoms with van der Waals surface area (Å²) >= 11 is -1.93. The van der Waals surface area contributed by atoms with Crippen LogP contribution in [0, 0.1) is 18.3 Å². The first-order chi connectivity index (χ1) is 18.1. The van der Waals surface area contributed by atoms with Gasteiger partial charge in [0.2, 0.25) is 0 Å². The molecule has 4 aromatic rings. The summed E-state index contributed by atoms with van der Waals surface area (Å²) in [5, 5.41) is 11.6. The number of aromatic nitrogens is 3. The van der Waals surface area contributed by atoms with Gasteiger partial charge in [0.1, 0.15) is 5.56 Å². The highest BCUT2D eigenvalue weighted by molar-refractivity contribution is 7.91. The van der Waals surface area contributed by atoms with Gasteiger partial charge >= 0.3 is 6.18 Å². The van der Waals surface area contributed by atoms with Gasteiger partial charge in [-0.05, 0) is 49.4 Å². The molecule has 8 nitrogen and oxygen atoms in total. The number of amides is 1. The van der Waals surface area contributed by atoms with Crippen molar-refractivity contribution in [3.05, 3.63) is 106 Å². The number of pyridine rings is 1. The first kappa shape index (κ1) is 26.7. The summed E-state index contributed by atoms with van der Waals surface area (Å²) < 4.78 is 54.7. The summed E-state index contributed by atoms with van der Waals surface area (Å²) in [6.45, 7) is 1.58. The molecule has 2 aromatic heterocycles. The molecule has 0 radical (unpaired) electrons. The zero-order valence-electron chi connectivity index (χ0n) is 19.9. The summed E-state index contributed by atoms with van der Waals surface area (Å²) in [7, 11) is 0. The second-order valence-corrected chi connectivity index (χ2v) is 9.62. The minimum absolute atomic E-state index is 0.0594. The Kier molecular flexibility index (Phi) is 7.70. The number of hydrogen-bond acceptors (Lipinski definition) is 5. The first-order valence-electron chi connectivity index (χ1n) is 11.2. The molecule has 0 aliphatic heterocycles. The van der Waals surface area contributed by atoms with E-state index in [4.69, 9.17) is 5.26 Å². The fraction of sp³-hybridized carbons (Fsp3) is 0.154. The van der Waals surface area contributed by atoms with Crippen LogP contribution in [0.25, 0.3) is 5.69 Å². The van der Waals surface area contributed by atoms with Crippen LogP contribution in [-0.2, 0) is 23.8 Å². The highest BCUT2D eigenvalue weighted by Gasteiger charge is 2.32. The molecule has 194 valence electrons. The van der Waals surface area contributed by atoms with Crippen molar-refractivity contribution in [1.82, 2.24) is 19.9 Å². The molecule has 12 heteroatoms. The Labute approximate surface area is 218 Å². The smallest absolute Gasteiger partial charge is 0.416 e. The molecule has 2 heterocycles. The van der Waals surface area contributed by atoms with Crippen molar-refractivity contribution in [2.45, 2.75) is 29.3 Å². The van der Waals surface area contributed by atoms with E-state index in [1.807, 2.05) is 6.07 Å². The number of rotatable bonds is 7. The minimum atomic E-state index is -4.66. The lowest BCUT2D eigenvalue weighted by Gasteiger charge is -2.19. The predicted molar refractivity (Wildman–Crippen MR) is 132 cm³/mol. The first-order valence-corrected chi connectivity index (χ1v) is 12.4. The number of imidazole rings is 1. The zero-order chi connectivity index (χ0) is 27.4. The lowest BCUT2D eigenvalue weighted by atomic mass is 10.1. The molecular formula is C26H20F3N5O3S. The predicted octanol–water partition coefficient (Wildman–Crippen LogP) is 3.90. The largest absolute Gasteiger partial charge is 0.606 e. The van der Waals surface area contributed by atoms with Gasteiger partial charge in [0, 0.05) is 42.1 Å². The number of benzene rings is 2. The van der Waals surface area contributed by atoms with Crippen LogP contribution in [0.5, 0.6) is 0 Å². The number of H-pyrrole nitrogens is 1. The highest BCUT2D eigenvalue weighted by Crippen LogP contribution is 2.31. The summed E-state index contributed by atoms with van der Waals surface area (Å²) in [6, 6.07) is 13.1. The maximum atomic E-state index is 13.5. The van der Waals surface area contributed by atoms with E-state index >= 15 is 0 Å². The quantitative estimate of drug-likeness (QED) is 0.345. The highest BCUT2D eigenvalue weighted by atomic mass is 32.2. The Hall–Kier alpha value is -4.34. The molecule has 38 heavy (non-hydrogen) atoms. The van der Waals surface area contributed by atoms with Gasteiger partial charge in [0.15, 0.2) is 9.79 Å². The lowest BCUT2D eigenvalue weighted by Crippen LogP contribution is -2.35. The van der Waals surface area contributed by atoms with Gasteiger partial charge in [-0.1, -0.05) is 6.07 Å². The normalized spacial score (nSPS) is 12.1. The second kappa shape index (κ2) is 11.0. The van der Waals surface area contributed by atoms with Gasteiger partial charge in [0.05, 0.1) is 34.9 Å². The number of hydrogen-bond donors (Lipinski definition) is 2. The van der Waals surface area contributed by atoms with Crippen LogP contribution in [0.4, 0.5) is 13.2 Å². The Morgan fingerprint density at radius 1 is 1.21 bits per heavy atom. The molecule has 1 atom stereocenters. The minimum Gasteiger partial charge on any atom is -0.606 e. The van der Waals surface area contributed by atoms with E-state index in [1.54, 1.807) is 6.20 Å². The van der Waals surface area contributed by atoms with Crippen molar-refractivity contribution in [1.29, 1.82) is 5.26 Å². The van der Waals surface area contributed by atoms with Crippen LogP contribution < -0.4 is 10.9 Å². The van der Waals surface area contributed by atoms with E-state index in [9.17, 15) is 27.3 Å². The second-order valence-electron chi connectivity index (χ2n) is 8.17. The fourth-order valence-electron chi connectivity index (χ4n) is 3.77. The zero-order valence-corrected chi connectivity index (χ0v) is 20.7. The molecule has 0 saturated carbocycles. The Morgan fingerprint density at radius 2 is 1.95 bits per heavy atom. The van der Waals surface area contributed by atoms with Crippen molar-refractivity contribution in [2.75, 3.05) is 6.54 Å². The van der Waals surface area contributed by atoms with E-state index in [0.717, 1.165) is 22.8 Å². The van der Waals surface area contributed by atoms with Crippen molar-refractivity contribution in [3.8, 4) is 11.8 Å². The number of aromatic amines is 1. The molecule has 0 aliphatic rings. The van der Waals surface area contributed by atoms with Crippen LogP contribution in [0.3, 0.4) is 0 Å². The molecule has 4 rings (SSSR count). The summed E-state index contributed by atoms with van der Waals surface area (Å²) in [5.74, 6) is -0.774. The summed E-state index contributed by atoms with van der Waals surface area (Å²) in [4.78, 5) is 33.7. The van der Waals surface area contributed by atoms with Gasteiger partial charge in [0.25, 0.3) is 11.5 Å². The van der Waals surface area contributed by atoms with Crippen LogP contribution in [-0.4, -0.2) is 31.5 Å². The third-order valence-corrected chi connectivity index (χ3v) is 7.21. The third-order valence-electron chi connectivity index (χ3n) is 5.70. The molecular weight excluding hydrogens is 519 g/mol. The Morgan fingerprint density at radius 3 is 2.58 bits per heavy atom. The van der Waals surface area contributed by atoms with Gasteiger partial charge in [-0.15, -0.1) is 0 Å². The third kappa shape index (κ3) is 5.64. The topological polar surface area (TPSA) is 127 Å². The molecule has 2 aromatic carbocycles. The van der Waals surface area contributed by atoms with Crippen LogP contribution in [0.1, 0.15) is 32.9 Å². The van der Waals surface area contributed by atoms with Crippen molar-refractivity contribution in [2.24, 2.45) is 0 Å². The maximum absolute atomic E-state index is 13.5. The van der Waals surface area contributed by atoms with Gasteiger partial charge in [-0.2, -0.15) is 18.4 Å². The molecule has 1 amide bonds. The molecule has 2 N–H and O–H groups in total. The standard InChI is InChI=1S/C26H20F3N5O3S/c1-16-23(38(37)21-7-5-17(13-30)6-8-21)12-22(24(35)32-10-9-19-14-31-15-33-19)25(36)34(16)20-4-2-3-18(11-20)26(27,28)29/h2-8,11-12,14-15H,9-10H2,1H3,(H,31,33)(H,32,35). The van der Waals surface area contributed by atoms with Crippen LogP contribution in [0.15, 0.2) is 81.7 Å². The molecule has 1 unspecified atom stereocenters. The summed E-state index contributed by atoms with van der Waals surface area (Å²) in [6.07, 6.45) is -1.16. The van der Waals surface area contributed by atoms with E-state index in [1.165, 1.54) is 49.6 Å². The number of carbonyl (C=O) groups is 1. The van der Waals surface area contributed by atoms with Gasteiger partial charge in [-0.25, -0.2) is 4.98 Å².